The topological polar surface area (TPSA) is 36.3 Å². The molecule has 3 nitrogen and oxygen atoms in total. The van der Waals surface area contributed by atoms with Gasteiger partial charge in [0.05, 0.1) is 6.61 Å². The zero-order chi connectivity index (χ0) is 22.3. The number of hydrogen-bond donors (Lipinski definition) is 1. The molecule has 0 saturated heterocycles. The molecule has 1 N–H and O–H groups in total. The van der Waals surface area contributed by atoms with Gasteiger partial charge >= 0.3 is 0 Å². The Labute approximate surface area is 202 Å². The van der Waals surface area contributed by atoms with Crippen LogP contribution in [0.1, 0.15) is 97.0 Å². The molecule has 180 valence electrons. The number of fused-ring (bicyclic) bond motifs is 1. The standard InChI is InChI=1S/C28H44N2O.ClH/c1-4-7-10-11-12-13-16-23-31-27-20-19-26(24-17-14-15-18-25(24)27)28(29)30(21-8-5-2)22-9-6-3;/h14-15,17-20,29H,4-13,16,21-23H2,1-3H3;1H. The van der Waals surface area contributed by atoms with Crippen LogP contribution in [0.2, 0.25) is 0 Å². The van der Waals surface area contributed by atoms with Gasteiger partial charge in [-0.05, 0) is 36.8 Å². The van der Waals surface area contributed by atoms with Crippen molar-refractivity contribution in [2.45, 2.75) is 91.4 Å². The Kier molecular flexibility index (Phi) is 14.9. The van der Waals surface area contributed by atoms with Crippen molar-refractivity contribution in [2.75, 3.05) is 19.7 Å². The maximum absolute atomic E-state index is 8.94. The molecule has 0 unspecified atom stereocenters. The van der Waals surface area contributed by atoms with Gasteiger partial charge in [0.15, 0.2) is 0 Å². The first kappa shape index (κ1) is 28.3. The van der Waals surface area contributed by atoms with E-state index in [1.807, 2.05) is 0 Å². The molecule has 0 radical (unpaired) electrons. The number of amidine groups is 1. The molecular formula is C28H45ClN2O. The van der Waals surface area contributed by atoms with Crippen LogP contribution in [0.5, 0.6) is 5.75 Å². The van der Waals surface area contributed by atoms with Gasteiger partial charge in [-0.2, -0.15) is 0 Å². The Balaban J connectivity index is 0.00000512. The highest BCUT2D eigenvalue weighted by molar-refractivity contribution is 6.09. The van der Waals surface area contributed by atoms with Crippen LogP contribution >= 0.6 is 12.4 Å². The van der Waals surface area contributed by atoms with Crippen LogP contribution in [-0.4, -0.2) is 30.4 Å². The van der Waals surface area contributed by atoms with Crippen molar-refractivity contribution in [3.05, 3.63) is 42.0 Å². The number of nitrogens with one attached hydrogen (secondary N) is 1. The van der Waals surface area contributed by atoms with Gasteiger partial charge in [0.2, 0.25) is 0 Å². The first-order valence-corrected chi connectivity index (χ1v) is 12.7. The summed E-state index contributed by atoms with van der Waals surface area (Å²) < 4.78 is 6.19. The van der Waals surface area contributed by atoms with Crippen LogP contribution in [0.4, 0.5) is 0 Å². The quantitative estimate of drug-likeness (QED) is 0.154. The van der Waals surface area contributed by atoms with Gasteiger partial charge in [-0.1, -0.05) is 96.4 Å². The first-order valence-electron chi connectivity index (χ1n) is 12.7. The van der Waals surface area contributed by atoms with Crippen molar-refractivity contribution >= 4 is 29.0 Å². The molecule has 0 bridgehead atoms. The highest BCUT2D eigenvalue weighted by Crippen LogP contribution is 2.30. The monoisotopic (exact) mass is 460 g/mol. The summed E-state index contributed by atoms with van der Waals surface area (Å²) in [5.41, 5.74) is 1.02. The average Bonchev–Trinajstić information content (AvgIpc) is 2.80. The summed E-state index contributed by atoms with van der Waals surface area (Å²) in [5.74, 6) is 1.60. The maximum atomic E-state index is 8.94. The second-order valence-electron chi connectivity index (χ2n) is 8.67. The van der Waals surface area contributed by atoms with Gasteiger partial charge in [-0.3, -0.25) is 5.41 Å². The van der Waals surface area contributed by atoms with Gasteiger partial charge in [-0.15, -0.1) is 12.4 Å². The zero-order valence-corrected chi connectivity index (χ0v) is 21.4. The summed E-state index contributed by atoms with van der Waals surface area (Å²) in [4.78, 5) is 2.26. The average molecular weight is 461 g/mol. The molecule has 2 rings (SSSR count). The summed E-state index contributed by atoms with van der Waals surface area (Å²) >= 11 is 0. The molecule has 0 aliphatic heterocycles. The summed E-state index contributed by atoms with van der Waals surface area (Å²) in [7, 11) is 0. The lowest BCUT2D eigenvalue weighted by Gasteiger charge is -2.26. The fraction of sp³-hybridized carbons (Fsp3) is 0.607. The lowest BCUT2D eigenvalue weighted by atomic mass is 10.0. The molecule has 0 aliphatic carbocycles. The number of rotatable bonds is 16. The number of ether oxygens (including phenoxy) is 1. The summed E-state index contributed by atoms with van der Waals surface area (Å²) in [5, 5.41) is 11.2. The minimum Gasteiger partial charge on any atom is -0.493 e. The Hall–Kier alpha value is -1.74. The summed E-state index contributed by atoms with van der Waals surface area (Å²) in [6.07, 6.45) is 13.6. The van der Waals surface area contributed by atoms with Crippen LogP contribution in [0.15, 0.2) is 36.4 Å². The maximum Gasteiger partial charge on any atom is 0.128 e. The third-order valence-electron chi connectivity index (χ3n) is 6.02. The van der Waals surface area contributed by atoms with Crippen molar-refractivity contribution < 1.29 is 4.74 Å². The Morgan fingerprint density at radius 3 is 1.91 bits per heavy atom. The van der Waals surface area contributed by atoms with E-state index >= 15 is 0 Å². The third-order valence-corrected chi connectivity index (χ3v) is 6.02. The molecule has 0 heterocycles. The van der Waals surface area contributed by atoms with E-state index in [9.17, 15) is 0 Å². The normalized spacial score (nSPS) is 10.7. The molecular weight excluding hydrogens is 416 g/mol. The minimum absolute atomic E-state index is 0. The summed E-state index contributed by atoms with van der Waals surface area (Å²) in [6, 6.07) is 12.6. The molecule has 0 aliphatic rings. The van der Waals surface area contributed by atoms with Crippen LogP contribution in [-0.2, 0) is 0 Å². The predicted molar refractivity (Wildman–Crippen MR) is 143 cm³/mol. The number of halogens is 1. The van der Waals surface area contributed by atoms with E-state index < -0.39 is 0 Å². The zero-order valence-electron chi connectivity index (χ0n) is 20.6. The minimum atomic E-state index is 0. The van der Waals surface area contributed by atoms with Crippen LogP contribution in [0.25, 0.3) is 10.8 Å². The van der Waals surface area contributed by atoms with E-state index in [0.29, 0.717) is 5.84 Å². The van der Waals surface area contributed by atoms with Crippen LogP contribution in [0, 0.1) is 5.41 Å². The Morgan fingerprint density at radius 2 is 1.28 bits per heavy atom. The van der Waals surface area contributed by atoms with Gasteiger partial charge in [0.1, 0.15) is 11.6 Å². The van der Waals surface area contributed by atoms with Gasteiger partial charge in [0, 0.05) is 24.0 Å². The highest BCUT2D eigenvalue weighted by Gasteiger charge is 2.15. The lowest BCUT2D eigenvalue weighted by Crippen LogP contribution is -2.33. The fourth-order valence-corrected chi connectivity index (χ4v) is 4.05. The van der Waals surface area contributed by atoms with Crippen LogP contribution < -0.4 is 4.74 Å². The number of benzene rings is 2. The SMILES string of the molecule is CCCCCCCCCOc1ccc(C(=N)N(CCCC)CCCC)c2ccccc12.Cl. The number of unbranched alkanes of at least 4 members (excludes halogenated alkanes) is 8. The second kappa shape index (κ2) is 16.8. The molecule has 0 aromatic heterocycles. The molecule has 2 aromatic rings. The fourth-order valence-electron chi connectivity index (χ4n) is 4.05. The largest absolute Gasteiger partial charge is 0.493 e. The van der Waals surface area contributed by atoms with Crippen molar-refractivity contribution in [3.63, 3.8) is 0 Å². The molecule has 0 spiro atoms. The Bertz CT molecular complexity index is 769. The van der Waals surface area contributed by atoms with Gasteiger partial charge < -0.3 is 9.64 Å². The van der Waals surface area contributed by atoms with Gasteiger partial charge in [-0.25, -0.2) is 0 Å². The smallest absolute Gasteiger partial charge is 0.128 e. The van der Waals surface area contributed by atoms with E-state index in [1.54, 1.807) is 0 Å². The van der Waals surface area contributed by atoms with E-state index in [2.05, 4.69) is 62.1 Å². The van der Waals surface area contributed by atoms with Gasteiger partial charge in [0.25, 0.3) is 0 Å². The molecule has 32 heavy (non-hydrogen) atoms. The lowest BCUT2D eigenvalue weighted by molar-refractivity contribution is 0.307. The van der Waals surface area contributed by atoms with E-state index in [0.717, 1.165) is 73.9 Å². The molecule has 0 saturated carbocycles. The molecule has 4 heteroatoms. The summed E-state index contributed by atoms with van der Waals surface area (Å²) in [6.45, 7) is 9.38. The predicted octanol–water partition coefficient (Wildman–Crippen LogP) is 8.62. The van der Waals surface area contributed by atoms with Crippen molar-refractivity contribution in [1.82, 2.24) is 4.90 Å². The number of hydrogen-bond acceptors (Lipinski definition) is 2. The molecule has 2 aromatic carbocycles. The van der Waals surface area contributed by atoms with Crippen molar-refractivity contribution in [1.29, 1.82) is 5.41 Å². The highest BCUT2D eigenvalue weighted by atomic mass is 35.5. The Morgan fingerprint density at radius 1 is 0.719 bits per heavy atom. The molecule has 0 amide bonds. The van der Waals surface area contributed by atoms with Crippen molar-refractivity contribution in [3.8, 4) is 5.75 Å². The van der Waals surface area contributed by atoms with E-state index in [1.165, 1.54) is 38.5 Å². The van der Waals surface area contributed by atoms with Crippen molar-refractivity contribution in [2.24, 2.45) is 0 Å². The van der Waals surface area contributed by atoms with Crippen LogP contribution in [0.3, 0.4) is 0 Å². The molecule has 0 atom stereocenters. The first-order chi connectivity index (χ1) is 15.2. The molecule has 0 fully saturated rings. The number of nitrogens with zero attached hydrogens (tertiary/aromatic N) is 1. The second-order valence-corrected chi connectivity index (χ2v) is 8.67. The third kappa shape index (κ3) is 9.02. The van der Waals surface area contributed by atoms with E-state index in [4.69, 9.17) is 10.1 Å². The van der Waals surface area contributed by atoms with E-state index in [-0.39, 0.29) is 12.4 Å².